The molecular formula is C9H12O2. The van der Waals surface area contributed by atoms with E-state index in [-0.39, 0.29) is 0 Å². The van der Waals surface area contributed by atoms with Crippen LogP contribution in [0.4, 0.5) is 0 Å². The summed E-state index contributed by atoms with van der Waals surface area (Å²) in [6.07, 6.45) is 8.82. The molecule has 0 saturated carbocycles. The van der Waals surface area contributed by atoms with Crippen molar-refractivity contribution in [2.75, 3.05) is 14.2 Å². The van der Waals surface area contributed by atoms with E-state index in [0.29, 0.717) is 0 Å². The van der Waals surface area contributed by atoms with E-state index in [1.165, 1.54) is 0 Å². The average Bonchev–Trinajstić information content (AvgIpc) is 2.27. The van der Waals surface area contributed by atoms with Crippen LogP contribution in [-0.2, 0) is 9.47 Å². The van der Waals surface area contributed by atoms with Crippen molar-refractivity contribution in [3.8, 4) is 0 Å². The van der Waals surface area contributed by atoms with Gasteiger partial charge in [0.1, 0.15) is 0 Å². The Balaban J connectivity index is 2.90. The zero-order valence-electron chi connectivity index (χ0n) is 6.83. The molecule has 0 fully saturated rings. The Morgan fingerprint density at radius 2 is 1.45 bits per heavy atom. The Hall–Kier alpha value is -1.18. The van der Waals surface area contributed by atoms with E-state index in [2.05, 4.69) is 0 Å². The van der Waals surface area contributed by atoms with Gasteiger partial charge in [-0.15, -0.1) is 0 Å². The first-order chi connectivity index (χ1) is 5.38. The quantitative estimate of drug-likeness (QED) is 0.602. The lowest BCUT2D eigenvalue weighted by molar-refractivity contribution is 0.242. The fourth-order valence-corrected chi connectivity index (χ4v) is 0.930. The molecule has 11 heavy (non-hydrogen) atoms. The summed E-state index contributed by atoms with van der Waals surface area (Å²) in [5, 5.41) is 0. The third-order valence-electron chi connectivity index (χ3n) is 1.49. The lowest BCUT2D eigenvalue weighted by atomic mass is 10.4. The van der Waals surface area contributed by atoms with Crippen LogP contribution in [0.15, 0.2) is 35.8 Å². The van der Waals surface area contributed by atoms with Crippen molar-refractivity contribution in [1.82, 2.24) is 0 Å². The summed E-state index contributed by atoms with van der Waals surface area (Å²) in [4.78, 5) is 0. The van der Waals surface area contributed by atoms with Crippen molar-refractivity contribution in [3.05, 3.63) is 35.8 Å². The summed E-state index contributed by atoms with van der Waals surface area (Å²) < 4.78 is 10.2. The highest BCUT2D eigenvalue weighted by Crippen LogP contribution is 2.13. The van der Waals surface area contributed by atoms with Gasteiger partial charge in [0.15, 0.2) is 11.5 Å². The Kier molecular flexibility index (Phi) is 2.78. The minimum Gasteiger partial charge on any atom is -0.493 e. The monoisotopic (exact) mass is 152 g/mol. The Morgan fingerprint density at radius 3 is 1.82 bits per heavy atom. The summed E-state index contributed by atoms with van der Waals surface area (Å²) in [6, 6.07) is 0. The molecule has 60 valence electrons. The maximum atomic E-state index is 5.09. The molecule has 1 rings (SSSR count). The van der Waals surface area contributed by atoms with Crippen molar-refractivity contribution >= 4 is 0 Å². The van der Waals surface area contributed by atoms with Crippen LogP contribution < -0.4 is 0 Å². The van der Waals surface area contributed by atoms with E-state index in [9.17, 15) is 0 Å². The fraction of sp³-hybridized carbons (Fsp3) is 0.333. The first kappa shape index (κ1) is 7.92. The number of methoxy groups -OCH3 is 2. The molecular weight excluding hydrogens is 140 g/mol. The van der Waals surface area contributed by atoms with E-state index >= 15 is 0 Å². The molecule has 0 aromatic rings. The molecule has 0 radical (unpaired) electrons. The minimum absolute atomic E-state index is 0.779. The lowest BCUT2D eigenvalue weighted by Crippen LogP contribution is -1.90. The number of hydrogen-bond donors (Lipinski definition) is 0. The third-order valence-corrected chi connectivity index (χ3v) is 1.49. The molecule has 1 aliphatic rings. The van der Waals surface area contributed by atoms with Crippen LogP contribution in [0.5, 0.6) is 0 Å². The Morgan fingerprint density at radius 1 is 1.00 bits per heavy atom. The lowest BCUT2D eigenvalue weighted by Gasteiger charge is -2.04. The maximum Gasteiger partial charge on any atom is 0.160 e. The van der Waals surface area contributed by atoms with Gasteiger partial charge in [0.25, 0.3) is 0 Å². The van der Waals surface area contributed by atoms with Crippen LogP contribution >= 0.6 is 0 Å². The van der Waals surface area contributed by atoms with Crippen LogP contribution in [0.3, 0.4) is 0 Å². The minimum atomic E-state index is 0.779. The average molecular weight is 152 g/mol. The van der Waals surface area contributed by atoms with Gasteiger partial charge in [-0.25, -0.2) is 0 Å². The van der Waals surface area contributed by atoms with Crippen molar-refractivity contribution < 1.29 is 9.47 Å². The van der Waals surface area contributed by atoms with Crippen LogP contribution in [-0.4, -0.2) is 14.2 Å². The molecule has 0 aromatic carbocycles. The topological polar surface area (TPSA) is 18.5 Å². The van der Waals surface area contributed by atoms with E-state index in [1.807, 2.05) is 24.3 Å². The zero-order valence-corrected chi connectivity index (χ0v) is 6.83. The molecule has 2 heteroatoms. The molecule has 0 atom stereocenters. The van der Waals surface area contributed by atoms with Crippen molar-refractivity contribution in [1.29, 1.82) is 0 Å². The SMILES string of the molecule is COC1=C(OC)C=CCC=C1. The van der Waals surface area contributed by atoms with Gasteiger partial charge in [-0.05, 0) is 18.6 Å². The highest BCUT2D eigenvalue weighted by atomic mass is 16.5. The normalized spacial score (nSPS) is 16.5. The number of hydrogen-bond acceptors (Lipinski definition) is 2. The van der Waals surface area contributed by atoms with Crippen molar-refractivity contribution in [3.63, 3.8) is 0 Å². The number of ether oxygens (including phenoxy) is 2. The summed E-state index contributed by atoms with van der Waals surface area (Å²) >= 11 is 0. The van der Waals surface area contributed by atoms with Gasteiger partial charge in [0.05, 0.1) is 14.2 Å². The van der Waals surface area contributed by atoms with Gasteiger partial charge in [0.2, 0.25) is 0 Å². The van der Waals surface area contributed by atoms with E-state index < -0.39 is 0 Å². The Bertz CT molecular complexity index is 190. The van der Waals surface area contributed by atoms with Gasteiger partial charge in [-0.2, -0.15) is 0 Å². The molecule has 0 unspecified atom stereocenters. The van der Waals surface area contributed by atoms with E-state index in [1.54, 1.807) is 14.2 Å². The zero-order chi connectivity index (χ0) is 8.10. The first-order valence-corrected chi connectivity index (χ1v) is 3.54. The molecule has 0 heterocycles. The second-order valence-corrected chi connectivity index (χ2v) is 2.18. The Labute approximate surface area is 66.8 Å². The van der Waals surface area contributed by atoms with Gasteiger partial charge < -0.3 is 9.47 Å². The van der Waals surface area contributed by atoms with Gasteiger partial charge in [0, 0.05) is 0 Å². The van der Waals surface area contributed by atoms with Crippen molar-refractivity contribution in [2.24, 2.45) is 0 Å². The van der Waals surface area contributed by atoms with Gasteiger partial charge in [-0.1, -0.05) is 12.2 Å². The molecule has 0 aliphatic heterocycles. The standard InChI is InChI=1S/C9H12O2/c1-10-8-6-4-3-5-7-9(8)11-2/h4-7H,3H2,1-2H3. The highest BCUT2D eigenvalue weighted by molar-refractivity contribution is 5.27. The number of allylic oxidation sites excluding steroid dienone is 4. The summed E-state index contributed by atoms with van der Waals surface area (Å²) in [6.45, 7) is 0. The second kappa shape index (κ2) is 3.86. The van der Waals surface area contributed by atoms with Gasteiger partial charge >= 0.3 is 0 Å². The maximum absolute atomic E-state index is 5.09. The fourth-order valence-electron chi connectivity index (χ4n) is 0.930. The molecule has 2 nitrogen and oxygen atoms in total. The van der Waals surface area contributed by atoms with E-state index in [4.69, 9.17) is 9.47 Å². The first-order valence-electron chi connectivity index (χ1n) is 3.54. The van der Waals surface area contributed by atoms with Crippen molar-refractivity contribution in [2.45, 2.75) is 6.42 Å². The second-order valence-electron chi connectivity index (χ2n) is 2.18. The molecule has 0 aromatic heterocycles. The van der Waals surface area contributed by atoms with Crippen LogP contribution in [0.2, 0.25) is 0 Å². The molecule has 0 saturated heterocycles. The van der Waals surface area contributed by atoms with Crippen LogP contribution in [0.25, 0.3) is 0 Å². The van der Waals surface area contributed by atoms with Crippen LogP contribution in [0.1, 0.15) is 6.42 Å². The predicted octanol–water partition coefficient (Wildman–Crippen LogP) is 2.01. The highest BCUT2D eigenvalue weighted by Gasteiger charge is 2.01. The summed E-state index contributed by atoms with van der Waals surface area (Å²) in [5.41, 5.74) is 0. The van der Waals surface area contributed by atoms with Crippen LogP contribution in [0, 0.1) is 0 Å². The molecule has 0 amide bonds. The number of rotatable bonds is 2. The smallest absolute Gasteiger partial charge is 0.160 e. The molecule has 0 spiro atoms. The van der Waals surface area contributed by atoms with E-state index in [0.717, 1.165) is 17.9 Å². The molecule has 0 bridgehead atoms. The predicted molar refractivity (Wildman–Crippen MR) is 43.9 cm³/mol. The van der Waals surface area contributed by atoms with Gasteiger partial charge in [-0.3, -0.25) is 0 Å². The molecule has 0 N–H and O–H groups in total. The third kappa shape index (κ3) is 1.87. The molecule has 1 aliphatic carbocycles. The summed E-state index contributed by atoms with van der Waals surface area (Å²) in [7, 11) is 3.27. The largest absolute Gasteiger partial charge is 0.493 e. The summed E-state index contributed by atoms with van der Waals surface area (Å²) in [5.74, 6) is 1.56.